The average Bonchev–Trinajstić information content (AvgIpc) is 2.75. The van der Waals surface area contributed by atoms with Crippen molar-refractivity contribution in [2.45, 2.75) is 0 Å². The maximum Gasteiger partial charge on any atom is 0.247 e. The molecule has 3 aromatic rings. The molecule has 0 aliphatic heterocycles. The van der Waals surface area contributed by atoms with E-state index in [-0.39, 0.29) is 5.91 Å². The largest absolute Gasteiger partial charge is 0.491 e. The Kier molecular flexibility index (Phi) is 7.28. The van der Waals surface area contributed by atoms with E-state index < -0.39 is 0 Å². The molecule has 0 saturated heterocycles. The van der Waals surface area contributed by atoms with E-state index in [0.29, 0.717) is 36.5 Å². The minimum atomic E-state index is -0.283. The highest BCUT2D eigenvalue weighted by Gasteiger charge is 2.04. The number of aromatic nitrogens is 3. The number of ether oxygens (including phenoxy) is 2. The molecular formula is C21H22N6O3. The van der Waals surface area contributed by atoms with Crippen LogP contribution in [0.2, 0.25) is 0 Å². The van der Waals surface area contributed by atoms with E-state index in [4.69, 9.17) is 9.47 Å². The maximum atomic E-state index is 11.5. The molecule has 30 heavy (non-hydrogen) atoms. The molecule has 0 radical (unpaired) electrons. The van der Waals surface area contributed by atoms with E-state index in [2.05, 4.69) is 37.5 Å². The molecular weight excluding hydrogens is 384 g/mol. The molecule has 154 valence electrons. The number of hydrogen-bond donors (Lipinski definition) is 3. The van der Waals surface area contributed by atoms with Crippen LogP contribution in [0.1, 0.15) is 0 Å². The van der Waals surface area contributed by atoms with Crippen molar-refractivity contribution >= 4 is 34.9 Å². The number of benzene rings is 2. The van der Waals surface area contributed by atoms with Crippen LogP contribution in [0.5, 0.6) is 5.75 Å². The summed E-state index contributed by atoms with van der Waals surface area (Å²) in [5.41, 5.74) is 2.15. The van der Waals surface area contributed by atoms with Crippen LogP contribution in [0.15, 0.2) is 67.5 Å². The second kappa shape index (κ2) is 10.5. The molecule has 3 N–H and O–H groups in total. The number of anilines is 5. The first-order valence-corrected chi connectivity index (χ1v) is 9.14. The third kappa shape index (κ3) is 6.28. The number of hydrogen-bond acceptors (Lipinski definition) is 8. The number of rotatable bonds is 10. The monoisotopic (exact) mass is 406 g/mol. The highest BCUT2D eigenvalue weighted by atomic mass is 16.5. The van der Waals surface area contributed by atoms with E-state index in [1.165, 1.54) is 12.4 Å². The molecule has 0 fully saturated rings. The fourth-order valence-corrected chi connectivity index (χ4v) is 2.42. The van der Waals surface area contributed by atoms with Crippen molar-refractivity contribution in [1.29, 1.82) is 0 Å². The molecule has 0 bridgehead atoms. The Balaban J connectivity index is 1.63. The van der Waals surface area contributed by atoms with Crippen molar-refractivity contribution < 1.29 is 14.3 Å². The van der Waals surface area contributed by atoms with Crippen LogP contribution >= 0.6 is 0 Å². The summed E-state index contributed by atoms with van der Waals surface area (Å²) >= 11 is 0. The van der Waals surface area contributed by atoms with E-state index in [1.807, 2.05) is 30.3 Å². The van der Waals surface area contributed by atoms with Gasteiger partial charge in [-0.05, 0) is 48.5 Å². The second-order valence-corrected chi connectivity index (χ2v) is 6.02. The predicted molar refractivity (Wildman–Crippen MR) is 115 cm³/mol. The molecule has 9 nitrogen and oxygen atoms in total. The summed E-state index contributed by atoms with van der Waals surface area (Å²) in [5, 5.41) is 8.91. The summed E-state index contributed by atoms with van der Waals surface area (Å²) in [6.07, 6.45) is 2.62. The van der Waals surface area contributed by atoms with Gasteiger partial charge in [0.05, 0.1) is 6.61 Å². The minimum Gasteiger partial charge on any atom is -0.491 e. The van der Waals surface area contributed by atoms with Gasteiger partial charge in [-0.2, -0.15) is 4.98 Å². The molecule has 2 aromatic carbocycles. The van der Waals surface area contributed by atoms with Gasteiger partial charge in [-0.25, -0.2) is 9.97 Å². The summed E-state index contributed by atoms with van der Waals surface area (Å²) < 4.78 is 10.5. The molecule has 1 amide bonds. The minimum absolute atomic E-state index is 0.283. The zero-order valence-corrected chi connectivity index (χ0v) is 16.5. The van der Waals surface area contributed by atoms with Crippen LogP contribution < -0.4 is 20.7 Å². The molecule has 0 atom stereocenters. The van der Waals surface area contributed by atoms with Gasteiger partial charge >= 0.3 is 0 Å². The summed E-state index contributed by atoms with van der Waals surface area (Å²) in [6.45, 7) is 4.46. The van der Waals surface area contributed by atoms with E-state index in [9.17, 15) is 4.79 Å². The fourth-order valence-electron chi connectivity index (χ4n) is 2.42. The van der Waals surface area contributed by atoms with Crippen molar-refractivity contribution in [3.8, 4) is 5.75 Å². The van der Waals surface area contributed by atoms with Crippen molar-refractivity contribution in [3.63, 3.8) is 0 Å². The van der Waals surface area contributed by atoms with Crippen LogP contribution in [0.4, 0.5) is 29.0 Å². The van der Waals surface area contributed by atoms with Gasteiger partial charge in [-0.1, -0.05) is 12.6 Å². The first kappa shape index (κ1) is 20.7. The van der Waals surface area contributed by atoms with Gasteiger partial charge in [0.15, 0.2) is 0 Å². The molecule has 3 rings (SSSR count). The molecule has 0 spiro atoms. The lowest BCUT2D eigenvalue weighted by Gasteiger charge is -2.10. The average molecular weight is 406 g/mol. The van der Waals surface area contributed by atoms with Gasteiger partial charge in [0.2, 0.25) is 17.8 Å². The normalized spacial score (nSPS) is 10.2. The fraction of sp³-hybridized carbons (Fsp3) is 0.143. The lowest BCUT2D eigenvalue weighted by atomic mass is 10.2. The van der Waals surface area contributed by atoms with Crippen LogP contribution in [0.3, 0.4) is 0 Å². The molecule has 0 unspecified atom stereocenters. The summed E-state index contributed by atoms with van der Waals surface area (Å²) in [6, 6.07) is 14.6. The quantitative estimate of drug-likeness (QED) is 0.347. The molecule has 1 aromatic heterocycles. The second-order valence-electron chi connectivity index (χ2n) is 6.02. The van der Waals surface area contributed by atoms with Crippen molar-refractivity contribution in [1.82, 2.24) is 15.0 Å². The molecule has 1 heterocycles. The first-order valence-electron chi connectivity index (χ1n) is 9.14. The summed E-state index contributed by atoms with van der Waals surface area (Å²) in [7, 11) is 1.63. The van der Waals surface area contributed by atoms with Gasteiger partial charge in [-0.15, -0.1) is 0 Å². The number of nitrogens with zero attached hydrogens (tertiary/aromatic N) is 3. The predicted octanol–water partition coefficient (Wildman–Crippen LogP) is 3.51. The third-order valence-electron chi connectivity index (χ3n) is 3.81. The summed E-state index contributed by atoms with van der Waals surface area (Å²) in [4.78, 5) is 24.1. The highest BCUT2D eigenvalue weighted by Crippen LogP contribution is 2.20. The molecule has 9 heteroatoms. The summed E-state index contributed by atoms with van der Waals surface area (Å²) in [5.74, 6) is 1.21. The van der Waals surface area contributed by atoms with Gasteiger partial charge < -0.3 is 25.4 Å². The third-order valence-corrected chi connectivity index (χ3v) is 3.81. The lowest BCUT2D eigenvalue weighted by molar-refractivity contribution is -0.111. The molecule has 0 aliphatic carbocycles. The van der Waals surface area contributed by atoms with Crippen molar-refractivity contribution in [2.75, 3.05) is 36.3 Å². The number of methoxy groups -OCH3 is 1. The van der Waals surface area contributed by atoms with Crippen LogP contribution in [0, 0.1) is 0 Å². The highest BCUT2D eigenvalue weighted by molar-refractivity contribution is 5.99. The van der Waals surface area contributed by atoms with Crippen molar-refractivity contribution in [3.05, 3.63) is 67.5 Å². The Morgan fingerprint density at radius 2 is 1.70 bits per heavy atom. The van der Waals surface area contributed by atoms with E-state index in [1.54, 1.807) is 25.3 Å². The Morgan fingerprint density at radius 1 is 1.00 bits per heavy atom. The van der Waals surface area contributed by atoms with E-state index in [0.717, 1.165) is 11.4 Å². The first-order chi connectivity index (χ1) is 14.7. The number of amides is 1. The number of carbonyl (C=O) groups excluding carboxylic acids is 1. The lowest BCUT2D eigenvalue weighted by Crippen LogP contribution is -2.07. The van der Waals surface area contributed by atoms with Crippen molar-refractivity contribution in [2.24, 2.45) is 0 Å². The standard InChI is InChI=1S/C21H22N6O3/c1-3-19(28)24-16-5-4-6-17(13-16)26-21-23-14-22-20(27-21)25-15-7-9-18(10-8-15)30-12-11-29-2/h3-10,13-14H,1,11-12H2,2H3,(H,24,28)(H2,22,23,25,26,27). The smallest absolute Gasteiger partial charge is 0.247 e. The van der Waals surface area contributed by atoms with Crippen LogP contribution in [0.25, 0.3) is 0 Å². The van der Waals surface area contributed by atoms with Gasteiger partial charge in [-0.3, -0.25) is 4.79 Å². The van der Waals surface area contributed by atoms with Gasteiger partial charge in [0.25, 0.3) is 0 Å². The Morgan fingerprint density at radius 3 is 2.40 bits per heavy atom. The number of carbonyl (C=O) groups is 1. The maximum absolute atomic E-state index is 11.5. The van der Waals surface area contributed by atoms with Gasteiger partial charge in [0, 0.05) is 24.2 Å². The zero-order chi connectivity index (χ0) is 21.2. The topological polar surface area (TPSA) is 110 Å². The number of nitrogens with one attached hydrogen (secondary N) is 3. The zero-order valence-electron chi connectivity index (χ0n) is 16.5. The van der Waals surface area contributed by atoms with Crippen LogP contribution in [-0.2, 0) is 9.53 Å². The van der Waals surface area contributed by atoms with E-state index >= 15 is 0 Å². The Bertz CT molecular complexity index is 994. The molecule has 0 aliphatic rings. The van der Waals surface area contributed by atoms with Crippen LogP contribution in [-0.4, -0.2) is 41.2 Å². The Labute approximate surface area is 174 Å². The SMILES string of the molecule is C=CC(=O)Nc1cccc(Nc2ncnc(Nc3ccc(OCCOC)cc3)n2)c1. The Hall–Kier alpha value is -3.98. The molecule has 0 saturated carbocycles. The van der Waals surface area contributed by atoms with Gasteiger partial charge in [0.1, 0.15) is 18.7 Å².